The van der Waals surface area contributed by atoms with Crippen LogP contribution in [0.4, 0.5) is 0 Å². The highest BCUT2D eigenvalue weighted by atomic mass is 32.2. The molecule has 0 heterocycles. The van der Waals surface area contributed by atoms with Crippen LogP contribution in [0.5, 0.6) is 5.75 Å². The number of hydrogen-bond acceptors (Lipinski definition) is 3. The number of fused-ring (bicyclic) bond motifs is 1. The summed E-state index contributed by atoms with van der Waals surface area (Å²) in [6.07, 6.45) is 0. The molecule has 3 N–H and O–H groups in total. The molecule has 0 spiro atoms. The van der Waals surface area contributed by atoms with Gasteiger partial charge in [0.1, 0.15) is 5.75 Å². The maximum Gasteiger partial charge on any atom is 0.227 e. The van der Waals surface area contributed by atoms with Gasteiger partial charge in [0.2, 0.25) is 5.91 Å². The second-order valence-electron chi connectivity index (χ2n) is 3.38. The van der Waals surface area contributed by atoms with Gasteiger partial charge in [0, 0.05) is 10.3 Å². The van der Waals surface area contributed by atoms with E-state index in [2.05, 4.69) is 0 Å². The summed E-state index contributed by atoms with van der Waals surface area (Å²) in [6, 6.07) is 11.0. The Labute approximate surface area is 97.3 Å². The molecule has 0 saturated carbocycles. The monoisotopic (exact) mass is 233 g/mol. The minimum atomic E-state index is -0.345. The Morgan fingerprint density at radius 1 is 1.19 bits per heavy atom. The molecule has 0 bridgehead atoms. The highest BCUT2D eigenvalue weighted by molar-refractivity contribution is 8.00. The summed E-state index contributed by atoms with van der Waals surface area (Å²) in [5.41, 5.74) is 5.11. The van der Waals surface area contributed by atoms with E-state index in [1.165, 1.54) is 11.8 Å². The molecule has 0 radical (unpaired) electrons. The Balaban J connectivity index is 2.46. The molecule has 2 aromatic rings. The third-order valence-corrected chi connectivity index (χ3v) is 3.33. The number of hydrogen-bond donors (Lipinski definition) is 2. The Morgan fingerprint density at radius 3 is 2.56 bits per heavy atom. The van der Waals surface area contributed by atoms with Crippen LogP contribution in [0.3, 0.4) is 0 Å². The second kappa shape index (κ2) is 4.45. The zero-order valence-corrected chi connectivity index (χ0v) is 9.33. The van der Waals surface area contributed by atoms with E-state index in [4.69, 9.17) is 5.73 Å². The lowest BCUT2D eigenvalue weighted by Crippen LogP contribution is -2.12. The minimum absolute atomic E-state index is 0.245. The number of phenols is 1. The Hall–Kier alpha value is -1.68. The van der Waals surface area contributed by atoms with Crippen LogP contribution < -0.4 is 5.73 Å². The van der Waals surface area contributed by atoms with Gasteiger partial charge in [-0.05, 0) is 17.5 Å². The molecule has 4 heteroatoms. The van der Waals surface area contributed by atoms with Crippen LogP contribution in [0.2, 0.25) is 0 Å². The second-order valence-corrected chi connectivity index (χ2v) is 4.40. The quantitative estimate of drug-likeness (QED) is 0.798. The summed E-state index contributed by atoms with van der Waals surface area (Å²) in [5, 5.41) is 11.4. The van der Waals surface area contributed by atoms with Crippen molar-refractivity contribution >= 4 is 28.4 Å². The van der Waals surface area contributed by atoms with Gasteiger partial charge in [-0.25, -0.2) is 0 Å². The number of carbonyl (C=O) groups is 1. The van der Waals surface area contributed by atoms with E-state index >= 15 is 0 Å². The number of rotatable bonds is 3. The molecule has 0 aromatic heterocycles. The normalized spacial score (nSPS) is 10.5. The van der Waals surface area contributed by atoms with E-state index in [0.717, 1.165) is 15.7 Å². The van der Waals surface area contributed by atoms with Crippen molar-refractivity contribution in [2.24, 2.45) is 5.73 Å². The predicted molar refractivity (Wildman–Crippen MR) is 65.5 cm³/mol. The highest BCUT2D eigenvalue weighted by Crippen LogP contribution is 2.32. The molecule has 0 aliphatic rings. The first kappa shape index (κ1) is 10.8. The number of phenolic OH excluding ortho intramolecular Hbond substituents is 1. The highest BCUT2D eigenvalue weighted by Gasteiger charge is 2.06. The lowest BCUT2D eigenvalue weighted by Gasteiger charge is -2.06. The molecule has 2 rings (SSSR count). The van der Waals surface area contributed by atoms with E-state index < -0.39 is 0 Å². The minimum Gasteiger partial charge on any atom is -0.507 e. The average molecular weight is 233 g/mol. The van der Waals surface area contributed by atoms with Crippen molar-refractivity contribution in [3.8, 4) is 5.75 Å². The van der Waals surface area contributed by atoms with Gasteiger partial charge in [0.25, 0.3) is 0 Å². The van der Waals surface area contributed by atoms with Crippen molar-refractivity contribution in [3.63, 3.8) is 0 Å². The number of amides is 1. The summed E-state index contributed by atoms with van der Waals surface area (Å²) < 4.78 is 0. The third-order valence-electron chi connectivity index (χ3n) is 2.23. The maximum absolute atomic E-state index is 10.7. The predicted octanol–water partition coefficient (Wildman–Crippen LogP) is 2.12. The number of aromatic hydroxyl groups is 1. The molecular weight excluding hydrogens is 222 g/mol. The summed E-state index contributed by atoms with van der Waals surface area (Å²) in [7, 11) is 0. The van der Waals surface area contributed by atoms with Gasteiger partial charge in [-0.3, -0.25) is 4.79 Å². The van der Waals surface area contributed by atoms with E-state index in [0.29, 0.717) is 0 Å². The number of carbonyl (C=O) groups excluding carboxylic acids is 1. The van der Waals surface area contributed by atoms with E-state index in [9.17, 15) is 9.90 Å². The van der Waals surface area contributed by atoms with Gasteiger partial charge in [-0.1, -0.05) is 24.3 Å². The van der Waals surface area contributed by atoms with E-state index in [1.54, 1.807) is 12.1 Å². The average Bonchev–Trinajstić information content (AvgIpc) is 2.28. The van der Waals surface area contributed by atoms with Gasteiger partial charge in [-0.2, -0.15) is 0 Å². The molecule has 0 saturated heterocycles. The standard InChI is InChI=1S/C12H11NO2S/c13-12(15)7-16-11-6-5-10(14)8-3-1-2-4-9(8)11/h1-6,14H,7H2,(H2,13,15). The van der Waals surface area contributed by atoms with Crippen molar-refractivity contribution in [3.05, 3.63) is 36.4 Å². The Morgan fingerprint density at radius 2 is 1.88 bits per heavy atom. The van der Waals surface area contributed by atoms with Gasteiger partial charge >= 0.3 is 0 Å². The molecule has 0 fully saturated rings. The first-order valence-corrected chi connectivity index (χ1v) is 5.79. The van der Waals surface area contributed by atoms with Crippen LogP contribution in [0.25, 0.3) is 10.8 Å². The van der Waals surface area contributed by atoms with Crippen molar-refractivity contribution in [2.75, 3.05) is 5.75 Å². The van der Waals surface area contributed by atoms with Crippen molar-refractivity contribution < 1.29 is 9.90 Å². The first-order chi connectivity index (χ1) is 7.68. The van der Waals surface area contributed by atoms with Crippen LogP contribution in [0.15, 0.2) is 41.3 Å². The van der Waals surface area contributed by atoms with E-state index in [-0.39, 0.29) is 17.4 Å². The lowest BCUT2D eigenvalue weighted by molar-refractivity contribution is -0.115. The molecule has 0 aliphatic carbocycles. The number of primary amides is 1. The first-order valence-electron chi connectivity index (χ1n) is 4.80. The number of nitrogens with two attached hydrogens (primary N) is 1. The molecule has 3 nitrogen and oxygen atoms in total. The van der Waals surface area contributed by atoms with Crippen LogP contribution >= 0.6 is 11.8 Å². The van der Waals surface area contributed by atoms with Crippen LogP contribution in [-0.2, 0) is 4.79 Å². The van der Waals surface area contributed by atoms with Gasteiger partial charge < -0.3 is 10.8 Å². The van der Waals surface area contributed by atoms with Gasteiger partial charge in [-0.15, -0.1) is 11.8 Å². The summed E-state index contributed by atoms with van der Waals surface area (Å²) >= 11 is 1.38. The molecule has 1 amide bonds. The van der Waals surface area contributed by atoms with E-state index in [1.807, 2.05) is 24.3 Å². The molecule has 0 unspecified atom stereocenters. The summed E-state index contributed by atoms with van der Waals surface area (Å²) in [4.78, 5) is 11.7. The van der Waals surface area contributed by atoms with Crippen molar-refractivity contribution in [1.29, 1.82) is 0 Å². The fraction of sp³-hybridized carbons (Fsp3) is 0.0833. The van der Waals surface area contributed by atoms with Crippen molar-refractivity contribution in [1.82, 2.24) is 0 Å². The molecule has 16 heavy (non-hydrogen) atoms. The number of thioether (sulfide) groups is 1. The molecular formula is C12H11NO2S. The summed E-state index contributed by atoms with van der Waals surface area (Å²) in [6.45, 7) is 0. The van der Waals surface area contributed by atoms with Crippen LogP contribution in [0.1, 0.15) is 0 Å². The fourth-order valence-electron chi connectivity index (χ4n) is 1.53. The SMILES string of the molecule is NC(=O)CSc1ccc(O)c2ccccc12. The topological polar surface area (TPSA) is 63.3 Å². The Kier molecular flexibility index (Phi) is 3.01. The van der Waals surface area contributed by atoms with Crippen LogP contribution in [0, 0.1) is 0 Å². The molecule has 0 aliphatic heterocycles. The smallest absolute Gasteiger partial charge is 0.227 e. The Bertz CT molecular complexity index is 540. The zero-order valence-electron chi connectivity index (χ0n) is 8.51. The molecule has 82 valence electrons. The largest absolute Gasteiger partial charge is 0.507 e. The van der Waals surface area contributed by atoms with Gasteiger partial charge in [0.15, 0.2) is 0 Å². The maximum atomic E-state index is 10.7. The number of benzene rings is 2. The van der Waals surface area contributed by atoms with Gasteiger partial charge in [0.05, 0.1) is 5.75 Å². The fourth-order valence-corrected chi connectivity index (χ4v) is 2.33. The third kappa shape index (κ3) is 2.12. The molecule has 0 atom stereocenters. The van der Waals surface area contributed by atoms with Crippen LogP contribution in [-0.4, -0.2) is 16.8 Å². The molecule has 2 aromatic carbocycles. The van der Waals surface area contributed by atoms with Crippen molar-refractivity contribution in [2.45, 2.75) is 4.90 Å². The summed E-state index contributed by atoms with van der Waals surface area (Å²) in [5.74, 6) is 0.149. The lowest BCUT2D eigenvalue weighted by atomic mass is 10.1. The zero-order chi connectivity index (χ0) is 11.5.